The van der Waals surface area contributed by atoms with Crippen molar-refractivity contribution < 1.29 is 9.90 Å². The van der Waals surface area contributed by atoms with E-state index in [4.69, 9.17) is 5.11 Å². The van der Waals surface area contributed by atoms with Gasteiger partial charge < -0.3 is 5.11 Å². The highest BCUT2D eigenvalue weighted by Crippen LogP contribution is 2.16. The molecule has 2 rings (SSSR count). The van der Waals surface area contributed by atoms with Crippen LogP contribution >= 0.6 is 0 Å². The van der Waals surface area contributed by atoms with E-state index in [2.05, 4.69) is 24.0 Å². The van der Waals surface area contributed by atoms with Crippen LogP contribution in [0.25, 0.3) is 10.9 Å². The van der Waals surface area contributed by atoms with E-state index in [1.54, 1.807) is 0 Å². The van der Waals surface area contributed by atoms with Crippen molar-refractivity contribution in [1.82, 2.24) is 10.2 Å². The molecule has 1 aromatic heterocycles. The lowest BCUT2D eigenvalue weighted by Crippen LogP contribution is -1.96. The molecule has 0 aliphatic rings. The first-order valence-electron chi connectivity index (χ1n) is 6.78. The van der Waals surface area contributed by atoms with Crippen LogP contribution in [0.4, 0.5) is 0 Å². The Morgan fingerprint density at radius 3 is 2.42 bits per heavy atom. The number of hydrogen-bond donors (Lipinski definition) is 2. The largest absolute Gasteiger partial charge is 0.476 e. The van der Waals surface area contributed by atoms with E-state index in [-0.39, 0.29) is 5.69 Å². The number of H-pyrrole nitrogens is 1. The van der Waals surface area contributed by atoms with Gasteiger partial charge in [0.1, 0.15) is 0 Å². The molecular formula is C15H22N2O2. The van der Waals surface area contributed by atoms with Crippen LogP contribution in [0.2, 0.25) is 0 Å². The van der Waals surface area contributed by atoms with Gasteiger partial charge in [0.05, 0.1) is 5.52 Å². The van der Waals surface area contributed by atoms with Gasteiger partial charge in [-0.2, -0.15) is 5.10 Å². The van der Waals surface area contributed by atoms with Crippen LogP contribution in [-0.4, -0.2) is 21.3 Å². The second-order valence-electron chi connectivity index (χ2n) is 4.63. The molecule has 0 radical (unpaired) electrons. The zero-order valence-corrected chi connectivity index (χ0v) is 11.9. The minimum absolute atomic E-state index is 0.0821. The average molecular weight is 262 g/mol. The highest BCUT2D eigenvalue weighted by atomic mass is 16.4. The lowest BCUT2D eigenvalue weighted by atomic mass is 10.1. The first-order chi connectivity index (χ1) is 9.10. The molecule has 0 spiro atoms. The maximum Gasteiger partial charge on any atom is 0.357 e. The molecule has 0 fully saturated rings. The third-order valence-corrected chi connectivity index (χ3v) is 2.88. The van der Waals surface area contributed by atoms with Gasteiger partial charge in [-0.25, -0.2) is 4.79 Å². The first kappa shape index (κ1) is 15.2. The molecule has 0 amide bonds. The molecule has 1 heterocycles. The number of carbonyl (C=O) groups is 1. The van der Waals surface area contributed by atoms with E-state index < -0.39 is 5.97 Å². The molecule has 4 heteroatoms. The van der Waals surface area contributed by atoms with E-state index in [9.17, 15) is 4.79 Å². The molecule has 0 atom stereocenters. The summed E-state index contributed by atoms with van der Waals surface area (Å²) < 4.78 is 0. The summed E-state index contributed by atoms with van der Waals surface area (Å²) in [6.45, 7) is 6.38. The fourth-order valence-corrected chi connectivity index (χ4v) is 1.79. The van der Waals surface area contributed by atoms with Crippen LogP contribution in [0, 0.1) is 6.92 Å². The molecule has 0 unspecified atom stereocenters. The van der Waals surface area contributed by atoms with Crippen LogP contribution in [0.1, 0.15) is 55.6 Å². The molecule has 104 valence electrons. The fraction of sp³-hybridized carbons (Fsp3) is 0.467. The number of aromatic amines is 1. The smallest absolute Gasteiger partial charge is 0.357 e. The van der Waals surface area contributed by atoms with Gasteiger partial charge in [0.15, 0.2) is 5.69 Å². The Morgan fingerprint density at radius 1 is 1.26 bits per heavy atom. The molecule has 0 aliphatic carbocycles. The first-order valence-corrected chi connectivity index (χ1v) is 6.78. The maximum absolute atomic E-state index is 10.7. The standard InChI is InChI=1S/C9H8N2O2.C6H14/c1-5-2-3-7-6(4-5)8(9(12)13)11-10-7;1-3-5-6-4-2/h2-4H,1H3,(H,10,11)(H,12,13);3-6H2,1-2H3. The maximum atomic E-state index is 10.7. The Morgan fingerprint density at radius 2 is 1.89 bits per heavy atom. The number of unbranched alkanes of at least 4 members (excludes halogenated alkanes) is 3. The summed E-state index contributed by atoms with van der Waals surface area (Å²) in [5.74, 6) is -1.00. The highest BCUT2D eigenvalue weighted by molar-refractivity contribution is 6.01. The summed E-state index contributed by atoms with van der Waals surface area (Å²) in [7, 11) is 0. The molecular weight excluding hydrogens is 240 g/mol. The third-order valence-electron chi connectivity index (χ3n) is 2.88. The molecule has 19 heavy (non-hydrogen) atoms. The molecule has 0 aliphatic heterocycles. The number of rotatable bonds is 4. The van der Waals surface area contributed by atoms with E-state index in [0.29, 0.717) is 5.39 Å². The number of aromatic nitrogens is 2. The lowest BCUT2D eigenvalue weighted by Gasteiger charge is -1.92. The minimum Gasteiger partial charge on any atom is -0.476 e. The van der Waals surface area contributed by atoms with Crippen molar-refractivity contribution in [2.75, 3.05) is 0 Å². The van der Waals surface area contributed by atoms with E-state index in [1.807, 2.05) is 25.1 Å². The summed E-state index contributed by atoms with van der Waals surface area (Å²) in [5.41, 5.74) is 1.86. The number of aromatic carboxylic acids is 1. The van der Waals surface area contributed by atoms with E-state index in [1.165, 1.54) is 25.7 Å². The van der Waals surface area contributed by atoms with Crippen molar-refractivity contribution in [2.24, 2.45) is 0 Å². The molecule has 2 aromatic rings. The molecule has 2 N–H and O–H groups in total. The quantitative estimate of drug-likeness (QED) is 0.813. The number of nitrogens with one attached hydrogen (secondary N) is 1. The molecule has 0 saturated heterocycles. The fourth-order valence-electron chi connectivity index (χ4n) is 1.79. The molecule has 0 bridgehead atoms. The Kier molecular flexibility index (Phi) is 6.06. The number of aryl methyl sites for hydroxylation is 1. The summed E-state index contributed by atoms with van der Waals surface area (Å²) in [5, 5.41) is 15.8. The van der Waals surface area contributed by atoms with Crippen molar-refractivity contribution in [1.29, 1.82) is 0 Å². The Balaban J connectivity index is 0.000000258. The summed E-state index contributed by atoms with van der Waals surface area (Å²) >= 11 is 0. The number of carboxylic acids is 1. The van der Waals surface area contributed by atoms with Gasteiger partial charge in [0, 0.05) is 5.39 Å². The lowest BCUT2D eigenvalue weighted by molar-refractivity contribution is 0.0692. The van der Waals surface area contributed by atoms with Gasteiger partial charge in [-0.05, 0) is 19.1 Å². The average Bonchev–Trinajstić information content (AvgIpc) is 2.80. The highest BCUT2D eigenvalue weighted by Gasteiger charge is 2.11. The third kappa shape index (κ3) is 4.39. The Bertz CT molecular complexity index is 528. The van der Waals surface area contributed by atoms with Crippen molar-refractivity contribution in [2.45, 2.75) is 46.5 Å². The molecule has 4 nitrogen and oxygen atoms in total. The number of carboxylic acid groups (broad SMARTS) is 1. The summed E-state index contributed by atoms with van der Waals surface area (Å²) in [6, 6.07) is 5.54. The van der Waals surface area contributed by atoms with Gasteiger partial charge >= 0.3 is 5.97 Å². The number of fused-ring (bicyclic) bond motifs is 1. The monoisotopic (exact) mass is 262 g/mol. The normalized spacial score (nSPS) is 10.1. The predicted octanol–water partition coefficient (Wildman–Crippen LogP) is 4.16. The van der Waals surface area contributed by atoms with Crippen LogP contribution in [0.15, 0.2) is 18.2 Å². The van der Waals surface area contributed by atoms with Crippen LogP contribution < -0.4 is 0 Å². The van der Waals surface area contributed by atoms with Gasteiger partial charge in [0.2, 0.25) is 0 Å². The second-order valence-corrected chi connectivity index (χ2v) is 4.63. The number of benzene rings is 1. The number of hydrogen-bond acceptors (Lipinski definition) is 2. The van der Waals surface area contributed by atoms with Crippen LogP contribution in [0.5, 0.6) is 0 Å². The van der Waals surface area contributed by atoms with Gasteiger partial charge in [0.25, 0.3) is 0 Å². The molecule has 1 aromatic carbocycles. The van der Waals surface area contributed by atoms with Crippen molar-refractivity contribution in [3.8, 4) is 0 Å². The van der Waals surface area contributed by atoms with E-state index >= 15 is 0 Å². The SMILES string of the molecule is CCCCCC.Cc1ccc2[nH]nc(C(=O)O)c2c1. The topological polar surface area (TPSA) is 66.0 Å². The van der Waals surface area contributed by atoms with Gasteiger partial charge in [-0.1, -0.05) is 51.2 Å². The van der Waals surface area contributed by atoms with Crippen molar-refractivity contribution in [3.05, 3.63) is 29.5 Å². The van der Waals surface area contributed by atoms with Crippen LogP contribution in [0.3, 0.4) is 0 Å². The summed E-state index contributed by atoms with van der Waals surface area (Å²) in [6.07, 6.45) is 5.54. The predicted molar refractivity (Wildman–Crippen MR) is 77.6 cm³/mol. The van der Waals surface area contributed by atoms with Crippen molar-refractivity contribution in [3.63, 3.8) is 0 Å². The van der Waals surface area contributed by atoms with Gasteiger partial charge in [-0.15, -0.1) is 0 Å². The Labute approximate surface area is 113 Å². The van der Waals surface area contributed by atoms with Crippen molar-refractivity contribution >= 4 is 16.9 Å². The minimum atomic E-state index is -1.00. The van der Waals surface area contributed by atoms with Gasteiger partial charge in [-0.3, -0.25) is 5.10 Å². The van der Waals surface area contributed by atoms with Crippen LogP contribution in [-0.2, 0) is 0 Å². The zero-order chi connectivity index (χ0) is 14.3. The zero-order valence-electron chi connectivity index (χ0n) is 11.9. The number of nitrogens with zero attached hydrogens (tertiary/aromatic N) is 1. The Hall–Kier alpha value is -1.84. The second kappa shape index (κ2) is 7.56. The summed E-state index contributed by atoms with van der Waals surface area (Å²) in [4.78, 5) is 10.7. The molecule has 0 saturated carbocycles. The van der Waals surface area contributed by atoms with E-state index in [0.717, 1.165) is 11.1 Å².